The average molecular weight is 393 g/mol. The van der Waals surface area contributed by atoms with Crippen LogP contribution < -0.4 is 0 Å². The fourth-order valence-corrected chi connectivity index (χ4v) is 4.79. The van der Waals surface area contributed by atoms with E-state index in [0.717, 1.165) is 31.4 Å². The standard InChI is InChI=1S/C29H28O/c1-4-19-13-20(5-2)15-24(14-19)28-21(6-3)11-12-22-16-25(17-27(22)28)29-26-10-8-7-9-23(26)18-30-29/h7-15,17-18H,4-6,16H2,1-3H3. The van der Waals surface area contributed by atoms with Crippen LogP contribution in [0.4, 0.5) is 0 Å². The van der Waals surface area contributed by atoms with E-state index in [1.807, 2.05) is 6.26 Å². The van der Waals surface area contributed by atoms with Crippen molar-refractivity contribution in [2.45, 2.75) is 46.5 Å². The molecule has 0 radical (unpaired) electrons. The molecule has 0 bridgehead atoms. The zero-order valence-corrected chi connectivity index (χ0v) is 18.1. The molecule has 5 rings (SSSR count). The third kappa shape index (κ3) is 3.10. The number of rotatable bonds is 5. The van der Waals surface area contributed by atoms with Crippen LogP contribution >= 0.6 is 0 Å². The van der Waals surface area contributed by atoms with Crippen LogP contribution in [0.15, 0.2) is 65.3 Å². The van der Waals surface area contributed by atoms with Gasteiger partial charge in [-0.1, -0.05) is 75.4 Å². The third-order valence-electron chi connectivity index (χ3n) is 6.46. The molecule has 0 unspecified atom stereocenters. The molecule has 0 atom stereocenters. The SMILES string of the molecule is CCc1cc(CC)cc(-c2c(CC)ccc3c2C=C(c2occ4ccccc24)C3)c1. The van der Waals surface area contributed by atoms with E-state index in [1.54, 1.807) is 0 Å². The van der Waals surface area contributed by atoms with Gasteiger partial charge in [0.05, 0.1) is 6.26 Å². The van der Waals surface area contributed by atoms with Crippen molar-refractivity contribution in [3.8, 4) is 11.1 Å². The molecule has 1 nitrogen and oxygen atoms in total. The molecule has 0 N–H and O–H groups in total. The van der Waals surface area contributed by atoms with E-state index in [0.29, 0.717) is 0 Å². The summed E-state index contributed by atoms with van der Waals surface area (Å²) in [5.41, 5.74) is 11.1. The second-order valence-electron chi connectivity index (χ2n) is 8.27. The van der Waals surface area contributed by atoms with E-state index in [-0.39, 0.29) is 0 Å². The first kappa shape index (κ1) is 18.9. The van der Waals surface area contributed by atoms with Gasteiger partial charge in [-0.3, -0.25) is 0 Å². The quantitative estimate of drug-likeness (QED) is 0.336. The molecule has 0 amide bonds. The highest BCUT2D eigenvalue weighted by atomic mass is 16.3. The summed E-state index contributed by atoms with van der Waals surface area (Å²) in [6.07, 6.45) is 8.35. The fraction of sp³-hybridized carbons (Fsp3) is 0.241. The van der Waals surface area contributed by atoms with Gasteiger partial charge in [0, 0.05) is 22.8 Å². The summed E-state index contributed by atoms with van der Waals surface area (Å²) in [5.74, 6) is 1.02. The van der Waals surface area contributed by atoms with Gasteiger partial charge in [0.15, 0.2) is 0 Å². The first-order valence-corrected chi connectivity index (χ1v) is 11.2. The minimum Gasteiger partial charge on any atom is -0.463 e. The van der Waals surface area contributed by atoms with Crippen molar-refractivity contribution in [1.29, 1.82) is 0 Å². The van der Waals surface area contributed by atoms with Gasteiger partial charge in [-0.2, -0.15) is 0 Å². The zero-order chi connectivity index (χ0) is 20.7. The van der Waals surface area contributed by atoms with Crippen LogP contribution in [0.2, 0.25) is 0 Å². The summed E-state index contributed by atoms with van der Waals surface area (Å²) in [5, 5.41) is 2.37. The number of benzene rings is 3. The van der Waals surface area contributed by atoms with Crippen molar-refractivity contribution in [3.63, 3.8) is 0 Å². The Morgan fingerprint density at radius 1 is 0.833 bits per heavy atom. The van der Waals surface area contributed by atoms with Gasteiger partial charge in [-0.25, -0.2) is 0 Å². The van der Waals surface area contributed by atoms with Crippen molar-refractivity contribution in [3.05, 3.63) is 94.4 Å². The van der Waals surface area contributed by atoms with Crippen LogP contribution in [0.3, 0.4) is 0 Å². The van der Waals surface area contributed by atoms with Crippen LogP contribution in [0.1, 0.15) is 54.3 Å². The smallest absolute Gasteiger partial charge is 0.138 e. The molecule has 1 aromatic heterocycles. The zero-order valence-electron chi connectivity index (χ0n) is 18.1. The molecule has 30 heavy (non-hydrogen) atoms. The Morgan fingerprint density at radius 3 is 2.33 bits per heavy atom. The van der Waals surface area contributed by atoms with E-state index in [1.165, 1.54) is 55.3 Å². The molecule has 4 aromatic rings. The lowest BCUT2D eigenvalue weighted by Crippen LogP contribution is -1.96. The van der Waals surface area contributed by atoms with E-state index >= 15 is 0 Å². The maximum Gasteiger partial charge on any atom is 0.138 e. The minimum atomic E-state index is 0.929. The van der Waals surface area contributed by atoms with Crippen LogP contribution in [0, 0.1) is 0 Å². The topological polar surface area (TPSA) is 13.1 Å². The lowest BCUT2D eigenvalue weighted by atomic mass is 9.89. The van der Waals surface area contributed by atoms with Crippen molar-refractivity contribution in [2.24, 2.45) is 0 Å². The Kier molecular flexibility index (Phi) is 4.83. The van der Waals surface area contributed by atoms with Crippen LogP contribution in [-0.2, 0) is 25.7 Å². The molecule has 1 heterocycles. The maximum absolute atomic E-state index is 6.04. The summed E-state index contributed by atoms with van der Waals surface area (Å²) in [7, 11) is 0. The van der Waals surface area contributed by atoms with E-state index in [9.17, 15) is 0 Å². The molecule has 1 heteroatoms. The summed E-state index contributed by atoms with van der Waals surface area (Å²) in [4.78, 5) is 0. The number of aryl methyl sites for hydroxylation is 3. The Morgan fingerprint density at radius 2 is 1.60 bits per heavy atom. The van der Waals surface area contributed by atoms with Crippen molar-refractivity contribution in [2.75, 3.05) is 0 Å². The number of fused-ring (bicyclic) bond motifs is 2. The Labute approximate surface area is 179 Å². The van der Waals surface area contributed by atoms with Crippen molar-refractivity contribution < 1.29 is 4.42 Å². The predicted molar refractivity (Wildman–Crippen MR) is 128 cm³/mol. The third-order valence-corrected chi connectivity index (χ3v) is 6.46. The first-order chi connectivity index (χ1) is 14.7. The largest absolute Gasteiger partial charge is 0.463 e. The number of allylic oxidation sites excluding steroid dienone is 1. The number of furan rings is 1. The molecule has 0 spiro atoms. The number of hydrogen-bond donors (Lipinski definition) is 0. The first-order valence-electron chi connectivity index (χ1n) is 11.2. The normalized spacial score (nSPS) is 13.0. The highest BCUT2D eigenvalue weighted by Crippen LogP contribution is 2.42. The Balaban J connectivity index is 1.70. The molecule has 0 fully saturated rings. The summed E-state index contributed by atoms with van der Waals surface area (Å²) in [6.45, 7) is 6.75. The summed E-state index contributed by atoms with van der Waals surface area (Å²) >= 11 is 0. The van der Waals surface area contributed by atoms with E-state index in [2.05, 4.69) is 81.4 Å². The van der Waals surface area contributed by atoms with Gasteiger partial charge in [0.25, 0.3) is 0 Å². The highest BCUT2D eigenvalue weighted by Gasteiger charge is 2.23. The lowest BCUT2D eigenvalue weighted by Gasteiger charge is -2.16. The molecule has 1 aliphatic rings. The fourth-order valence-electron chi connectivity index (χ4n) is 4.79. The highest BCUT2D eigenvalue weighted by molar-refractivity contribution is 6.00. The Hall–Kier alpha value is -3.06. The second kappa shape index (κ2) is 7.65. The van der Waals surface area contributed by atoms with Gasteiger partial charge < -0.3 is 4.42 Å². The van der Waals surface area contributed by atoms with Gasteiger partial charge in [-0.05, 0) is 64.3 Å². The monoisotopic (exact) mass is 392 g/mol. The minimum absolute atomic E-state index is 0.929. The Bertz CT molecular complexity index is 1250. The van der Waals surface area contributed by atoms with Crippen molar-refractivity contribution in [1.82, 2.24) is 0 Å². The number of hydrogen-bond acceptors (Lipinski definition) is 1. The average Bonchev–Trinajstić information content (AvgIpc) is 3.41. The molecular formula is C29H28O. The van der Waals surface area contributed by atoms with E-state index in [4.69, 9.17) is 4.42 Å². The second-order valence-corrected chi connectivity index (χ2v) is 8.27. The molecular weight excluding hydrogens is 364 g/mol. The predicted octanol–water partition coefficient (Wildman–Crippen LogP) is 7.88. The van der Waals surface area contributed by atoms with Crippen LogP contribution in [0.25, 0.3) is 33.5 Å². The summed E-state index contributed by atoms with van der Waals surface area (Å²) < 4.78 is 6.04. The maximum atomic E-state index is 6.04. The lowest BCUT2D eigenvalue weighted by molar-refractivity contribution is 0.557. The van der Waals surface area contributed by atoms with Gasteiger partial charge in [0.1, 0.15) is 5.76 Å². The summed E-state index contributed by atoms with van der Waals surface area (Å²) in [6, 6.07) is 20.2. The van der Waals surface area contributed by atoms with Gasteiger partial charge in [0.2, 0.25) is 0 Å². The molecule has 0 aliphatic heterocycles. The van der Waals surface area contributed by atoms with Crippen LogP contribution in [-0.4, -0.2) is 0 Å². The van der Waals surface area contributed by atoms with Gasteiger partial charge in [-0.15, -0.1) is 0 Å². The molecule has 1 aliphatic carbocycles. The van der Waals surface area contributed by atoms with E-state index < -0.39 is 0 Å². The molecule has 0 saturated carbocycles. The van der Waals surface area contributed by atoms with Crippen LogP contribution in [0.5, 0.6) is 0 Å². The van der Waals surface area contributed by atoms with Gasteiger partial charge >= 0.3 is 0 Å². The van der Waals surface area contributed by atoms with Crippen molar-refractivity contribution >= 4 is 22.4 Å². The molecule has 0 saturated heterocycles. The molecule has 150 valence electrons. The molecule has 3 aromatic carbocycles.